The summed E-state index contributed by atoms with van der Waals surface area (Å²) in [6.07, 6.45) is 5.24. The zero-order valence-electron chi connectivity index (χ0n) is 16.9. The summed E-state index contributed by atoms with van der Waals surface area (Å²) in [6, 6.07) is 6.66. The van der Waals surface area contributed by atoms with E-state index < -0.39 is 4.92 Å². The number of benzene rings is 1. The Bertz CT molecular complexity index is 894. The predicted molar refractivity (Wildman–Crippen MR) is 111 cm³/mol. The minimum Gasteiger partial charge on any atom is -0.363 e. The number of amides is 1. The Balaban J connectivity index is 1.52. The summed E-state index contributed by atoms with van der Waals surface area (Å²) in [7, 11) is 3.87. The molecule has 2 N–H and O–H groups in total. The molecule has 154 valence electrons. The van der Waals surface area contributed by atoms with E-state index in [4.69, 9.17) is 0 Å². The Morgan fingerprint density at radius 3 is 2.48 bits per heavy atom. The first-order valence-corrected chi connectivity index (χ1v) is 9.66. The van der Waals surface area contributed by atoms with Crippen molar-refractivity contribution in [1.82, 2.24) is 15.3 Å². The molecule has 9 heteroatoms. The lowest BCUT2D eigenvalue weighted by Crippen LogP contribution is -2.40. The first kappa shape index (κ1) is 20.5. The van der Waals surface area contributed by atoms with Gasteiger partial charge < -0.3 is 15.5 Å². The molecule has 0 aliphatic heterocycles. The average molecular weight is 398 g/mol. The number of hydrogen-bond acceptors (Lipinski definition) is 7. The third-order valence-electron chi connectivity index (χ3n) is 5.15. The Hall–Kier alpha value is -3.23. The lowest BCUT2D eigenvalue weighted by atomic mass is 9.91. The van der Waals surface area contributed by atoms with E-state index in [-0.39, 0.29) is 23.7 Å². The van der Waals surface area contributed by atoms with Crippen LogP contribution in [0.25, 0.3) is 0 Å². The highest BCUT2D eigenvalue weighted by Gasteiger charge is 2.24. The highest BCUT2D eigenvalue weighted by atomic mass is 16.6. The molecule has 0 saturated heterocycles. The van der Waals surface area contributed by atoms with Gasteiger partial charge in [-0.25, -0.2) is 4.98 Å². The van der Waals surface area contributed by atoms with E-state index in [0.717, 1.165) is 31.5 Å². The highest BCUT2D eigenvalue weighted by molar-refractivity contribution is 5.94. The Morgan fingerprint density at radius 1 is 1.17 bits per heavy atom. The van der Waals surface area contributed by atoms with E-state index in [1.165, 1.54) is 12.1 Å². The molecule has 0 atom stereocenters. The minimum absolute atomic E-state index is 0.0219. The minimum atomic E-state index is -0.441. The fourth-order valence-electron chi connectivity index (χ4n) is 3.50. The number of nitro groups is 1. The molecular formula is C20H26N6O3. The summed E-state index contributed by atoms with van der Waals surface area (Å²) < 4.78 is 0. The maximum absolute atomic E-state index is 12.5. The third-order valence-corrected chi connectivity index (χ3v) is 5.15. The van der Waals surface area contributed by atoms with Crippen molar-refractivity contribution in [3.05, 3.63) is 51.7 Å². The summed E-state index contributed by atoms with van der Waals surface area (Å²) in [6.45, 7) is 1.64. The molecule has 1 saturated carbocycles. The smallest absolute Gasteiger partial charge is 0.272 e. The van der Waals surface area contributed by atoms with E-state index >= 15 is 0 Å². The van der Waals surface area contributed by atoms with Crippen LogP contribution in [0, 0.1) is 17.0 Å². The van der Waals surface area contributed by atoms with Crippen molar-refractivity contribution in [2.24, 2.45) is 0 Å². The van der Waals surface area contributed by atoms with E-state index in [0.29, 0.717) is 17.1 Å². The van der Waals surface area contributed by atoms with Crippen LogP contribution in [0.5, 0.6) is 0 Å². The van der Waals surface area contributed by atoms with Gasteiger partial charge in [0.15, 0.2) is 0 Å². The number of carbonyl (C=O) groups is 1. The number of carbonyl (C=O) groups excluding carboxylic acids is 1. The van der Waals surface area contributed by atoms with Crippen LogP contribution in [-0.4, -0.2) is 47.0 Å². The van der Waals surface area contributed by atoms with Crippen molar-refractivity contribution in [2.45, 2.75) is 44.7 Å². The molecule has 1 aromatic carbocycles. The van der Waals surface area contributed by atoms with Crippen LogP contribution in [0.15, 0.2) is 30.5 Å². The summed E-state index contributed by atoms with van der Waals surface area (Å²) in [5.41, 5.74) is 0.950. The van der Waals surface area contributed by atoms with Crippen molar-refractivity contribution in [2.75, 3.05) is 24.3 Å². The third kappa shape index (κ3) is 5.18. The average Bonchev–Trinajstić information content (AvgIpc) is 2.69. The zero-order valence-corrected chi connectivity index (χ0v) is 16.9. The normalized spacial score (nSPS) is 18.7. The Morgan fingerprint density at radius 2 is 1.86 bits per heavy atom. The van der Waals surface area contributed by atoms with Crippen LogP contribution in [0.4, 0.5) is 17.5 Å². The van der Waals surface area contributed by atoms with E-state index in [9.17, 15) is 14.9 Å². The standard InChI is InChI=1S/C20H26N6O3/c1-13-12-14(4-9-17(13)26(28)29)19(27)22-15-5-7-16(8-6-15)23-20-21-11-10-18(24-20)25(2)3/h4,9-12,15-16H,5-8H2,1-3H3,(H,22,27)(H,21,23,24)/t15-,16+. The SMILES string of the molecule is Cc1cc(C(=O)N[C@H]2CC[C@@H](Nc3nccc(N(C)C)n3)CC2)ccc1[N+](=O)[O-]. The molecule has 1 fully saturated rings. The molecule has 9 nitrogen and oxygen atoms in total. The van der Waals surface area contributed by atoms with Crippen LogP contribution in [0.3, 0.4) is 0 Å². The van der Waals surface area contributed by atoms with E-state index in [1.807, 2.05) is 25.1 Å². The van der Waals surface area contributed by atoms with Gasteiger partial charge in [0.05, 0.1) is 4.92 Å². The van der Waals surface area contributed by atoms with Gasteiger partial charge in [0.25, 0.3) is 11.6 Å². The van der Waals surface area contributed by atoms with Crippen molar-refractivity contribution in [1.29, 1.82) is 0 Å². The molecule has 3 rings (SSSR count). The Labute approximate surface area is 169 Å². The summed E-state index contributed by atoms with van der Waals surface area (Å²) in [5, 5.41) is 17.3. The lowest BCUT2D eigenvalue weighted by Gasteiger charge is -2.29. The first-order valence-electron chi connectivity index (χ1n) is 9.66. The highest BCUT2D eigenvalue weighted by Crippen LogP contribution is 2.23. The van der Waals surface area contributed by atoms with Crippen LogP contribution in [-0.2, 0) is 0 Å². The lowest BCUT2D eigenvalue weighted by molar-refractivity contribution is -0.385. The second-order valence-corrected chi connectivity index (χ2v) is 7.56. The van der Waals surface area contributed by atoms with Crippen LogP contribution in [0.2, 0.25) is 0 Å². The van der Waals surface area contributed by atoms with E-state index in [2.05, 4.69) is 20.6 Å². The van der Waals surface area contributed by atoms with Crippen LogP contribution >= 0.6 is 0 Å². The number of anilines is 2. The number of aryl methyl sites for hydroxylation is 1. The fourth-order valence-corrected chi connectivity index (χ4v) is 3.50. The Kier molecular flexibility index (Phi) is 6.26. The molecule has 29 heavy (non-hydrogen) atoms. The molecule has 0 radical (unpaired) electrons. The molecule has 1 aliphatic rings. The monoisotopic (exact) mass is 398 g/mol. The second-order valence-electron chi connectivity index (χ2n) is 7.56. The van der Waals surface area contributed by atoms with Gasteiger partial charge in [0.2, 0.25) is 5.95 Å². The predicted octanol–water partition coefficient (Wildman–Crippen LogP) is 2.91. The summed E-state index contributed by atoms with van der Waals surface area (Å²) >= 11 is 0. The number of hydrogen-bond donors (Lipinski definition) is 2. The molecule has 0 unspecified atom stereocenters. The van der Waals surface area contributed by atoms with Crippen LogP contribution < -0.4 is 15.5 Å². The molecule has 0 spiro atoms. The van der Waals surface area contributed by atoms with Gasteiger partial charge in [-0.2, -0.15) is 4.98 Å². The maximum Gasteiger partial charge on any atom is 0.272 e. The fraction of sp³-hybridized carbons (Fsp3) is 0.450. The van der Waals surface area contributed by atoms with Gasteiger partial charge in [-0.15, -0.1) is 0 Å². The van der Waals surface area contributed by atoms with Gasteiger partial charge in [-0.3, -0.25) is 14.9 Å². The number of nitro benzene ring substituents is 1. The van der Waals surface area contributed by atoms with Gasteiger partial charge in [-0.05, 0) is 50.8 Å². The second kappa shape index (κ2) is 8.85. The molecular weight excluding hydrogens is 372 g/mol. The van der Waals surface area contributed by atoms with Crippen molar-refractivity contribution >= 4 is 23.4 Å². The number of nitrogens with one attached hydrogen (secondary N) is 2. The molecule has 1 amide bonds. The topological polar surface area (TPSA) is 113 Å². The van der Waals surface area contributed by atoms with Crippen LogP contribution in [0.1, 0.15) is 41.6 Å². The van der Waals surface area contributed by atoms with Crippen molar-refractivity contribution in [3.8, 4) is 0 Å². The quantitative estimate of drug-likeness (QED) is 0.568. The molecule has 1 heterocycles. The number of nitrogens with zero attached hydrogens (tertiary/aromatic N) is 4. The molecule has 1 aromatic heterocycles. The molecule has 0 bridgehead atoms. The maximum atomic E-state index is 12.5. The summed E-state index contributed by atoms with van der Waals surface area (Å²) in [4.78, 5) is 33.7. The van der Waals surface area contributed by atoms with Crippen molar-refractivity contribution in [3.63, 3.8) is 0 Å². The molecule has 2 aromatic rings. The van der Waals surface area contributed by atoms with Gasteiger partial charge in [0, 0.05) is 49.6 Å². The van der Waals surface area contributed by atoms with Gasteiger partial charge in [0.1, 0.15) is 5.82 Å². The zero-order chi connectivity index (χ0) is 21.0. The largest absolute Gasteiger partial charge is 0.363 e. The van der Waals surface area contributed by atoms with Crippen molar-refractivity contribution < 1.29 is 9.72 Å². The summed E-state index contributed by atoms with van der Waals surface area (Å²) in [5.74, 6) is 1.27. The molecule has 1 aliphatic carbocycles. The van der Waals surface area contributed by atoms with Gasteiger partial charge in [-0.1, -0.05) is 0 Å². The van der Waals surface area contributed by atoms with E-state index in [1.54, 1.807) is 19.2 Å². The number of rotatable bonds is 6. The van der Waals surface area contributed by atoms with Gasteiger partial charge >= 0.3 is 0 Å². The number of aromatic nitrogens is 2. The first-order chi connectivity index (χ1) is 13.8.